The highest BCUT2D eigenvalue weighted by Gasteiger charge is 2.24. The van der Waals surface area contributed by atoms with E-state index in [9.17, 15) is 4.79 Å². The number of aromatic nitrogens is 1. The van der Waals surface area contributed by atoms with Crippen molar-refractivity contribution in [2.45, 2.75) is 0 Å². The van der Waals surface area contributed by atoms with Crippen LogP contribution in [0, 0.1) is 0 Å². The van der Waals surface area contributed by atoms with Crippen molar-refractivity contribution in [3.63, 3.8) is 0 Å². The van der Waals surface area contributed by atoms with Crippen LogP contribution >= 0.6 is 11.6 Å². The van der Waals surface area contributed by atoms with Crippen molar-refractivity contribution in [2.75, 3.05) is 38.2 Å². The molecule has 1 fully saturated rings. The summed E-state index contributed by atoms with van der Waals surface area (Å²) < 4.78 is 5.27. The summed E-state index contributed by atoms with van der Waals surface area (Å²) in [7, 11) is 1.65. The standard InChI is InChI=1S/C27H24ClN3O2/c1-33-22-12-6-19(7-13-22)26-18-24(23-4-2-3-5-25(23)29-26)27(32)31-16-14-30(15-17-31)21-10-8-20(28)9-11-21/h2-13,18H,14-17H2,1H3. The van der Waals surface area contributed by atoms with Crippen molar-refractivity contribution < 1.29 is 9.53 Å². The first-order chi connectivity index (χ1) is 16.1. The number of anilines is 1. The molecule has 33 heavy (non-hydrogen) atoms. The minimum atomic E-state index is 0.0408. The van der Waals surface area contributed by atoms with Gasteiger partial charge in [-0.15, -0.1) is 0 Å². The minimum absolute atomic E-state index is 0.0408. The summed E-state index contributed by atoms with van der Waals surface area (Å²) in [6, 6.07) is 25.3. The van der Waals surface area contributed by atoms with Crippen LogP contribution in [0.2, 0.25) is 5.02 Å². The van der Waals surface area contributed by atoms with Gasteiger partial charge in [0.2, 0.25) is 0 Å². The fourth-order valence-corrected chi connectivity index (χ4v) is 4.38. The highest BCUT2D eigenvalue weighted by molar-refractivity contribution is 6.30. The maximum atomic E-state index is 13.6. The Morgan fingerprint density at radius 1 is 0.909 bits per heavy atom. The normalized spacial score (nSPS) is 13.9. The molecule has 0 N–H and O–H groups in total. The topological polar surface area (TPSA) is 45.7 Å². The van der Waals surface area contributed by atoms with Gasteiger partial charge in [0.1, 0.15) is 5.75 Å². The molecule has 5 nitrogen and oxygen atoms in total. The van der Waals surface area contributed by atoms with Crippen LogP contribution in [-0.2, 0) is 0 Å². The van der Waals surface area contributed by atoms with Crippen LogP contribution in [0.3, 0.4) is 0 Å². The predicted molar refractivity (Wildman–Crippen MR) is 133 cm³/mol. The number of nitrogens with zero attached hydrogens (tertiary/aromatic N) is 3. The lowest BCUT2D eigenvalue weighted by Gasteiger charge is -2.36. The van der Waals surface area contributed by atoms with Crippen LogP contribution < -0.4 is 9.64 Å². The molecule has 0 radical (unpaired) electrons. The Morgan fingerprint density at radius 2 is 1.61 bits per heavy atom. The van der Waals surface area contributed by atoms with E-state index >= 15 is 0 Å². The third kappa shape index (κ3) is 4.37. The van der Waals surface area contributed by atoms with Crippen molar-refractivity contribution in [3.05, 3.63) is 89.4 Å². The molecule has 6 heteroatoms. The molecule has 0 aliphatic carbocycles. The van der Waals surface area contributed by atoms with Crippen LogP contribution in [0.25, 0.3) is 22.2 Å². The monoisotopic (exact) mass is 457 g/mol. The second-order valence-electron chi connectivity index (χ2n) is 8.06. The Balaban J connectivity index is 1.42. The van der Waals surface area contributed by atoms with Crippen LogP contribution in [0.1, 0.15) is 10.4 Å². The van der Waals surface area contributed by atoms with Crippen LogP contribution in [-0.4, -0.2) is 49.1 Å². The van der Waals surface area contributed by atoms with E-state index in [2.05, 4.69) is 4.90 Å². The number of piperazine rings is 1. The number of ether oxygens (including phenoxy) is 1. The number of para-hydroxylation sites is 1. The average Bonchev–Trinajstić information content (AvgIpc) is 2.88. The number of fused-ring (bicyclic) bond motifs is 1. The molecular formula is C27H24ClN3O2. The van der Waals surface area contributed by atoms with Gasteiger partial charge in [-0.1, -0.05) is 29.8 Å². The number of halogens is 1. The molecule has 1 aromatic heterocycles. The van der Waals surface area contributed by atoms with Crippen molar-refractivity contribution in [1.29, 1.82) is 0 Å². The molecule has 0 atom stereocenters. The molecule has 4 aromatic rings. The number of methoxy groups -OCH3 is 1. The van der Waals surface area contributed by atoms with Gasteiger partial charge in [-0.2, -0.15) is 0 Å². The van der Waals surface area contributed by atoms with E-state index in [0.717, 1.165) is 51.7 Å². The van der Waals surface area contributed by atoms with Gasteiger partial charge in [-0.05, 0) is 60.7 Å². The average molecular weight is 458 g/mol. The molecule has 0 spiro atoms. The zero-order chi connectivity index (χ0) is 22.8. The number of benzene rings is 3. The van der Waals surface area contributed by atoms with Crippen molar-refractivity contribution in [2.24, 2.45) is 0 Å². The molecule has 1 aliphatic rings. The number of hydrogen-bond donors (Lipinski definition) is 0. The summed E-state index contributed by atoms with van der Waals surface area (Å²) in [6.07, 6.45) is 0. The van der Waals surface area contributed by atoms with Gasteiger partial charge < -0.3 is 14.5 Å². The van der Waals surface area contributed by atoms with Crippen molar-refractivity contribution >= 4 is 34.1 Å². The second-order valence-corrected chi connectivity index (χ2v) is 8.49. The first-order valence-electron chi connectivity index (χ1n) is 11.0. The molecule has 5 rings (SSSR count). The van der Waals surface area contributed by atoms with E-state index in [-0.39, 0.29) is 5.91 Å². The largest absolute Gasteiger partial charge is 0.497 e. The predicted octanol–water partition coefficient (Wildman–Crippen LogP) is 5.53. The lowest BCUT2D eigenvalue weighted by atomic mass is 10.0. The van der Waals surface area contributed by atoms with Gasteiger partial charge in [-0.25, -0.2) is 4.98 Å². The summed E-state index contributed by atoms with van der Waals surface area (Å²) in [5.74, 6) is 0.827. The van der Waals surface area contributed by atoms with E-state index in [1.54, 1.807) is 7.11 Å². The Labute approximate surface area is 198 Å². The van der Waals surface area contributed by atoms with E-state index < -0.39 is 0 Å². The fraction of sp³-hybridized carbons (Fsp3) is 0.185. The van der Waals surface area contributed by atoms with Crippen molar-refractivity contribution in [3.8, 4) is 17.0 Å². The van der Waals surface area contributed by atoms with Gasteiger partial charge >= 0.3 is 0 Å². The maximum absolute atomic E-state index is 13.6. The number of hydrogen-bond acceptors (Lipinski definition) is 4. The van der Waals surface area contributed by atoms with Crippen LogP contribution in [0.5, 0.6) is 5.75 Å². The summed E-state index contributed by atoms with van der Waals surface area (Å²) in [5.41, 5.74) is 4.35. The third-order valence-corrected chi connectivity index (χ3v) is 6.34. The van der Waals surface area contributed by atoms with Gasteiger partial charge in [-0.3, -0.25) is 4.79 Å². The molecule has 166 valence electrons. The smallest absolute Gasteiger partial charge is 0.254 e. The van der Waals surface area contributed by atoms with E-state index in [1.165, 1.54) is 0 Å². The van der Waals surface area contributed by atoms with Gasteiger partial charge in [0.05, 0.1) is 23.9 Å². The molecule has 3 aromatic carbocycles. The zero-order valence-electron chi connectivity index (χ0n) is 18.4. The van der Waals surface area contributed by atoms with Gasteiger partial charge in [0, 0.05) is 47.8 Å². The number of carbonyl (C=O) groups excluding carboxylic acids is 1. The number of pyridine rings is 1. The molecular weight excluding hydrogens is 434 g/mol. The lowest BCUT2D eigenvalue weighted by Crippen LogP contribution is -2.48. The van der Waals surface area contributed by atoms with Gasteiger partial charge in [0.15, 0.2) is 0 Å². The first kappa shape index (κ1) is 21.3. The SMILES string of the molecule is COc1ccc(-c2cc(C(=O)N3CCN(c4ccc(Cl)cc4)CC3)c3ccccc3n2)cc1. The first-order valence-corrected chi connectivity index (χ1v) is 11.3. The van der Waals surface area contributed by atoms with E-state index in [1.807, 2.05) is 83.8 Å². The molecule has 1 saturated heterocycles. The highest BCUT2D eigenvalue weighted by Crippen LogP contribution is 2.28. The fourth-order valence-electron chi connectivity index (χ4n) is 4.25. The summed E-state index contributed by atoms with van der Waals surface area (Å²) in [5, 5.41) is 1.60. The Kier molecular flexibility index (Phi) is 5.88. The van der Waals surface area contributed by atoms with E-state index in [4.69, 9.17) is 21.3 Å². The van der Waals surface area contributed by atoms with E-state index in [0.29, 0.717) is 18.7 Å². The quantitative estimate of drug-likeness (QED) is 0.404. The third-order valence-electron chi connectivity index (χ3n) is 6.09. The summed E-state index contributed by atoms with van der Waals surface area (Å²) in [4.78, 5) is 22.7. The molecule has 1 amide bonds. The summed E-state index contributed by atoms with van der Waals surface area (Å²) in [6.45, 7) is 2.88. The number of carbonyl (C=O) groups is 1. The Bertz CT molecular complexity index is 1280. The van der Waals surface area contributed by atoms with Crippen LogP contribution in [0.4, 0.5) is 5.69 Å². The van der Waals surface area contributed by atoms with Gasteiger partial charge in [0.25, 0.3) is 5.91 Å². The Hall–Kier alpha value is -3.57. The lowest BCUT2D eigenvalue weighted by molar-refractivity contribution is 0.0748. The molecule has 0 bridgehead atoms. The number of rotatable bonds is 4. The summed E-state index contributed by atoms with van der Waals surface area (Å²) >= 11 is 6.02. The number of amides is 1. The molecule has 1 aliphatic heterocycles. The minimum Gasteiger partial charge on any atom is -0.497 e. The highest BCUT2D eigenvalue weighted by atomic mass is 35.5. The molecule has 2 heterocycles. The molecule has 0 unspecified atom stereocenters. The van der Waals surface area contributed by atoms with Crippen LogP contribution in [0.15, 0.2) is 78.9 Å². The zero-order valence-corrected chi connectivity index (χ0v) is 19.1. The maximum Gasteiger partial charge on any atom is 0.254 e. The van der Waals surface area contributed by atoms with Crippen molar-refractivity contribution in [1.82, 2.24) is 9.88 Å². The molecule has 0 saturated carbocycles. The second kappa shape index (κ2) is 9.12. The Morgan fingerprint density at radius 3 is 2.30 bits per heavy atom.